The fraction of sp³-hybridized carbons (Fsp3) is 0.846. The summed E-state index contributed by atoms with van der Waals surface area (Å²) in [5, 5.41) is 4.11. The highest BCUT2D eigenvalue weighted by Crippen LogP contribution is 2.38. The second-order valence-electron chi connectivity index (χ2n) is 5.31. The Morgan fingerprint density at radius 1 is 1.35 bits per heavy atom. The first-order valence-corrected chi connectivity index (χ1v) is 6.76. The van der Waals surface area contributed by atoms with Crippen molar-refractivity contribution >= 4 is 0 Å². The molecule has 1 fully saturated rings. The molecule has 0 aliphatic heterocycles. The zero-order chi connectivity index (χ0) is 12.3. The first-order chi connectivity index (χ1) is 8.22. The molecule has 0 amide bonds. The third-order valence-electron chi connectivity index (χ3n) is 4.15. The first-order valence-electron chi connectivity index (χ1n) is 6.76. The van der Waals surface area contributed by atoms with Crippen LogP contribution in [0.5, 0.6) is 0 Å². The van der Waals surface area contributed by atoms with Gasteiger partial charge in [0.15, 0.2) is 5.82 Å². The summed E-state index contributed by atoms with van der Waals surface area (Å²) < 4.78 is 5.48. The highest BCUT2D eigenvalue weighted by Gasteiger charge is 2.38. The molecule has 0 radical (unpaired) electrons. The maximum absolute atomic E-state index is 5.96. The van der Waals surface area contributed by atoms with Crippen LogP contribution in [0.25, 0.3) is 0 Å². The average molecular weight is 237 g/mol. The molecule has 1 heterocycles. The van der Waals surface area contributed by atoms with Gasteiger partial charge < -0.3 is 10.3 Å². The Labute approximate surface area is 103 Å². The van der Waals surface area contributed by atoms with Gasteiger partial charge in [0.2, 0.25) is 5.89 Å². The lowest BCUT2D eigenvalue weighted by atomic mass is 9.74. The van der Waals surface area contributed by atoms with Crippen LogP contribution >= 0.6 is 0 Å². The molecule has 96 valence electrons. The van der Waals surface area contributed by atoms with E-state index in [1.54, 1.807) is 0 Å². The second-order valence-corrected chi connectivity index (χ2v) is 5.31. The highest BCUT2D eigenvalue weighted by atomic mass is 16.5. The van der Waals surface area contributed by atoms with Crippen molar-refractivity contribution < 1.29 is 4.52 Å². The van der Waals surface area contributed by atoms with Crippen LogP contribution in [0.4, 0.5) is 0 Å². The Morgan fingerprint density at radius 3 is 2.65 bits per heavy atom. The van der Waals surface area contributed by atoms with Gasteiger partial charge in [-0.15, -0.1) is 0 Å². The average Bonchev–Trinajstić information content (AvgIpc) is 2.88. The fourth-order valence-corrected chi connectivity index (χ4v) is 2.57. The zero-order valence-corrected chi connectivity index (χ0v) is 10.9. The summed E-state index contributed by atoms with van der Waals surface area (Å²) in [5.74, 6) is 1.97. The van der Waals surface area contributed by atoms with Gasteiger partial charge in [-0.05, 0) is 19.3 Å². The second kappa shape index (κ2) is 5.17. The summed E-state index contributed by atoms with van der Waals surface area (Å²) in [6.45, 7) is 4.89. The summed E-state index contributed by atoms with van der Waals surface area (Å²) >= 11 is 0. The summed E-state index contributed by atoms with van der Waals surface area (Å²) in [6.07, 6.45) is 6.95. The van der Waals surface area contributed by atoms with Crippen molar-refractivity contribution in [2.45, 2.75) is 63.7 Å². The van der Waals surface area contributed by atoms with Gasteiger partial charge in [-0.25, -0.2) is 0 Å². The third kappa shape index (κ3) is 2.37. The molecule has 1 atom stereocenters. The lowest BCUT2D eigenvalue weighted by Gasteiger charge is -2.32. The number of rotatable bonds is 4. The number of hydrogen-bond acceptors (Lipinski definition) is 4. The summed E-state index contributed by atoms with van der Waals surface area (Å²) in [7, 11) is 0. The monoisotopic (exact) mass is 237 g/mol. The molecule has 1 aliphatic rings. The van der Waals surface area contributed by atoms with E-state index in [4.69, 9.17) is 10.3 Å². The van der Waals surface area contributed by atoms with E-state index in [2.05, 4.69) is 24.0 Å². The normalized spacial score (nSPS) is 21.4. The topological polar surface area (TPSA) is 64.9 Å². The quantitative estimate of drug-likeness (QED) is 0.874. The van der Waals surface area contributed by atoms with E-state index in [0.717, 1.165) is 31.0 Å². The van der Waals surface area contributed by atoms with Crippen LogP contribution in [-0.2, 0) is 5.41 Å². The predicted molar refractivity (Wildman–Crippen MR) is 66.8 cm³/mol. The molecule has 0 saturated heterocycles. The van der Waals surface area contributed by atoms with Crippen LogP contribution in [-0.4, -0.2) is 16.7 Å². The minimum Gasteiger partial charge on any atom is -0.339 e. The molecule has 1 unspecified atom stereocenters. The minimum absolute atomic E-state index is 0.0447. The molecule has 1 aromatic rings. The molecule has 2 rings (SSSR count). The number of nitrogens with two attached hydrogens (primary N) is 1. The van der Waals surface area contributed by atoms with Crippen LogP contribution in [0, 0.1) is 0 Å². The van der Waals surface area contributed by atoms with Gasteiger partial charge in [0.05, 0.1) is 5.41 Å². The highest BCUT2D eigenvalue weighted by molar-refractivity contribution is 5.09. The van der Waals surface area contributed by atoms with Gasteiger partial charge >= 0.3 is 0 Å². The maximum Gasteiger partial charge on any atom is 0.234 e. The van der Waals surface area contributed by atoms with E-state index in [-0.39, 0.29) is 5.41 Å². The third-order valence-corrected chi connectivity index (χ3v) is 4.15. The van der Waals surface area contributed by atoms with Crippen molar-refractivity contribution in [1.29, 1.82) is 0 Å². The largest absolute Gasteiger partial charge is 0.339 e. The minimum atomic E-state index is -0.0447. The molecule has 1 saturated carbocycles. The van der Waals surface area contributed by atoms with Gasteiger partial charge in [0.1, 0.15) is 0 Å². The standard InChI is InChI=1S/C13H23N3O/c1-3-10(2)11-15-12(17-16-11)13(9-14)7-5-4-6-8-13/h10H,3-9,14H2,1-2H3. The van der Waals surface area contributed by atoms with E-state index >= 15 is 0 Å². The molecule has 1 aromatic heterocycles. The van der Waals surface area contributed by atoms with Crippen LogP contribution in [0.15, 0.2) is 4.52 Å². The molecular weight excluding hydrogens is 214 g/mol. The van der Waals surface area contributed by atoms with E-state index in [9.17, 15) is 0 Å². The Bertz CT molecular complexity index is 355. The molecule has 0 aromatic carbocycles. The Kier molecular flexibility index (Phi) is 3.82. The Hall–Kier alpha value is -0.900. The van der Waals surface area contributed by atoms with Gasteiger partial charge in [-0.2, -0.15) is 4.98 Å². The predicted octanol–water partition coefficient (Wildman–Crippen LogP) is 2.74. The first kappa shape index (κ1) is 12.6. The lowest BCUT2D eigenvalue weighted by Crippen LogP contribution is -2.37. The van der Waals surface area contributed by atoms with Crippen LogP contribution < -0.4 is 5.73 Å². The summed E-state index contributed by atoms with van der Waals surface area (Å²) in [6, 6.07) is 0. The molecular formula is C13H23N3O. The van der Waals surface area contributed by atoms with E-state index in [1.165, 1.54) is 19.3 Å². The Balaban J connectivity index is 2.22. The van der Waals surface area contributed by atoms with E-state index in [0.29, 0.717) is 12.5 Å². The Morgan fingerprint density at radius 2 is 2.06 bits per heavy atom. The van der Waals surface area contributed by atoms with Gasteiger partial charge in [-0.1, -0.05) is 38.3 Å². The number of aromatic nitrogens is 2. The SMILES string of the molecule is CCC(C)c1noc(C2(CN)CCCCC2)n1. The summed E-state index contributed by atoms with van der Waals surface area (Å²) in [5.41, 5.74) is 5.92. The van der Waals surface area contributed by atoms with Crippen LogP contribution in [0.3, 0.4) is 0 Å². The van der Waals surface area contributed by atoms with Gasteiger partial charge in [-0.3, -0.25) is 0 Å². The zero-order valence-electron chi connectivity index (χ0n) is 10.9. The molecule has 2 N–H and O–H groups in total. The number of nitrogens with zero attached hydrogens (tertiary/aromatic N) is 2. The van der Waals surface area contributed by atoms with Crippen molar-refractivity contribution in [2.24, 2.45) is 5.73 Å². The van der Waals surface area contributed by atoms with E-state index < -0.39 is 0 Å². The van der Waals surface area contributed by atoms with Gasteiger partial charge in [0.25, 0.3) is 0 Å². The van der Waals surface area contributed by atoms with Crippen LogP contribution in [0.2, 0.25) is 0 Å². The van der Waals surface area contributed by atoms with Crippen LogP contribution in [0.1, 0.15) is 70.0 Å². The fourth-order valence-electron chi connectivity index (χ4n) is 2.57. The smallest absolute Gasteiger partial charge is 0.234 e. The maximum atomic E-state index is 5.96. The van der Waals surface area contributed by atoms with Crippen molar-refractivity contribution in [3.8, 4) is 0 Å². The van der Waals surface area contributed by atoms with Crippen molar-refractivity contribution in [1.82, 2.24) is 10.1 Å². The molecule has 17 heavy (non-hydrogen) atoms. The number of hydrogen-bond donors (Lipinski definition) is 1. The van der Waals surface area contributed by atoms with Gasteiger partial charge in [0, 0.05) is 12.5 Å². The molecule has 0 spiro atoms. The molecule has 1 aliphatic carbocycles. The van der Waals surface area contributed by atoms with Crippen molar-refractivity contribution in [2.75, 3.05) is 6.54 Å². The summed E-state index contributed by atoms with van der Waals surface area (Å²) in [4.78, 5) is 4.59. The molecule has 4 nitrogen and oxygen atoms in total. The lowest BCUT2D eigenvalue weighted by molar-refractivity contribution is 0.219. The molecule has 0 bridgehead atoms. The van der Waals surface area contributed by atoms with Crippen molar-refractivity contribution in [3.05, 3.63) is 11.7 Å². The molecule has 4 heteroatoms. The van der Waals surface area contributed by atoms with E-state index in [1.807, 2.05) is 0 Å². The van der Waals surface area contributed by atoms with Crippen molar-refractivity contribution in [3.63, 3.8) is 0 Å².